The van der Waals surface area contributed by atoms with Crippen LogP contribution < -0.4 is 10.6 Å². The Kier molecular flexibility index (Phi) is 12.0. The number of carbonyl (C=O) groups excluding carboxylic acids is 1. The minimum absolute atomic E-state index is 0.0176. The lowest BCUT2D eigenvalue weighted by molar-refractivity contribution is -0.139. The van der Waals surface area contributed by atoms with Crippen LogP contribution in [0.5, 0.6) is 0 Å². The van der Waals surface area contributed by atoms with Gasteiger partial charge in [0.25, 0.3) is 0 Å². The van der Waals surface area contributed by atoms with Crippen LogP contribution in [-0.4, -0.2) is 55.9 Å². The summed E-state index contributed by atoms with van der Waals surface area (Å²) in [5.74, 6) is 2.19. The highest BCUT2D eigenvalue weighted by Crippen LogP contribution is 2.69. The highest BCUT2D eigenvalue weighted by Gasteiger charge is 2.61. The van der Waals surface area contributed by atoms with Crippen LogP contribution in [0.3, 0.4) is 0 Å². The van der Waals surface area contributed by atoms with Crippen LogP contribution >= 0.6 is 0 Å². The smallest absolute Gasteiger partial charge is 0.354 e. The number of carboxylic acid groups (broad SMARTS) is 1. The standard InChI is InChI=1S/C42H64N2O5S/c1-8-28(2)32-17-23-42(38(47)44-25-24-43-26-27-50(48)49)22-16-29(3)40(6)21-19-35-39(4,5)33(30-12-14-31(15-13-30)37(45)46)18-20-41(35,7)36(40)11-9-10-34(32)42/h8,12-15,18,29,32,34-36,43H,9-11,16-17,19-27H2,1-7H3,(H,44,47)(H,45,46)(H,48,49)/p+1/b28-8-/t29-,32+,34+,35+,36?,40+,41+,42-/m1/s1. The zero-order valence-electron chi connectivity index (χ0n) is 31.8. The molecule has 0 aromatic heterocycles. The molecule has 278 valence electrons. The molecule has 3 fully saturated rings. The number of aromatic carboxylic acids is 1. The second-order valence-electron chi connectivity index (χ2n) is 17.4. The van der Waals surface area contributed by atoms with Crippen LogP contribution in [0.25, 0.3) is 5.57 Å². The van der Waals surface area contributed by atoms with Crippen molar-refractivity contribution < 1.29 is 23.5 Å². The largest absolute Gasteiger partial charge is 0.515 e. The quantitative estimate of drug-likeness (QED) is 0.0841. The Labute approximate surface area is 304 Å². The van der Waals surface area contributed by atoms with E-state index in [1.54, 1.807) is 0 Å². The number of hydrogen-bond acceptors (Lipinski definition) is 3. The zero-order chi connectivity index (χ0) is 36.5. The van der Waals surface area contributed by atoms with Crippen molar-refractivity contribution in [1.82, 2.24) is 10.6 Å². The summed E-state index contributed by atoms with van der Waals surface area (Å²) >= 11 is -1.81. The third kappa shape index (κ3) is 7.19. The Hall–Kier alpha value is -2.29. The summed E-state index contributed by atoms with van der Waals surface area (Å²) in [5, 5.41) is 16.1. The van der Waals surface area contributed by atoms with E-state index in [4.69, 9.17) is 4.55 Å². The fourth-order valence-corrected chi connectivity index (χ4v) is 12.3. The molecule has 1 aromatic carbocycles. The van der Waals surface area contributed by atoms with Crippen molar-refractivity contribution in [3.05, 3.63) is 53.1 Å². The lowest BCUT2D eigenvalue weighted by Gasteiger charge is -2.64. The minimum atomic E-state index is -1.81. The molecule has 0 saturated heterocycles. The Morgan fingerprint density at radius 1 is 0.960 bits per heavy atom. The van der Waals surface area contributed by atoms with E-state index in [-0.39, 0.29) is 33.3 Å². The molecular formula is C42H65N2O5S+. The number of aliphatic hydroxyl groups excluding tert-OH is 1. The van der Waals surface area contributed by atoms with E-state index >= 15 is 0 Å². The number of carboxylic acids is 1. The number of nitrogens with one attached hydrogen (secondary N) is 2. The summed E-state index contributed by atoms with van der Waals surface area (Å²) in [6.45, 7) is 18.6. The molecule has 1 aromatic rings. The molecule has 0 bridgehead atoms. The van der Waals surface area contributed by atoms with Gasteiger partial charge in [-0.1, -0.05) is 70.9 Å². The molecule has 0 radical (unpaired) electrons. The Bertz CT molecular complexity index is 1480. The number of carbonyl (C=O) groups is 1. The number of allylic oxidation sites excluding steroid dienone is 4. The van der Waals surface area contributed by atoms with Crippen molar-refractivity contribution in [2.45, 2.75) is 113 Å². The van der Waals surface area contributed by atoms with Crippen molar-refractivity contribution >= 4 is 28.5 Å². The van der Waals surface area contributed by atoms with E-state index in [1.807, 2.05) is 24.3 Å². The number of amides is 1. The molecule has 0 spiro atoms. The predicted molar refractivity (Wildman–Crippen MR) is 206 cm³/mol. The third-order valence-electron chi connectivity index (χ3n) is 14.9. The van der Waals surface area contributed by atoms with E-state index in [2.05, 4.69) is 71.3 Å². The van der Waals surface area contributed by atoms with Gasteiger partial charge in [-0.05, 0) is 141 Å². The molecule has 4 aliphatic rings. The fourth-order valence-electron chi connectivity index (χ4n) is 11.9. The molecule has 9 atom stereocenters. The molecule has 0 heterocycles. The highest BCUT2D eigenvalue weighted by molar-refractivity contribution is 7.79. The number of hydrogen-bond donors (Lipinski definition) is 4. The van der Waals surface area contributed by atoms with Crippen LogP contribution in [0.1, 0.15) is 124 Å². The maximum absolute atomic E-state index is 14.4. The topological polar surface area (TPSA) is 120 Å². The van der Waals surface area contributed by atoms with Crippen molar-refractivity contribution in [2.24, 2.45) is 51.2 Å². The van der Waals surface area contributed by atoms with Gasteiger partial charge in [0.05, 0.1) is 11.2 Å². The average Bonchev–Trinajstić information content (AvgIpc) is 3.44. The summed E-state index contributed by atoms with van der Waals surface area (Å²) in [7, 11) is 0. The summed E-state index contributed by atoms with van der Waals surface area (Å²) in [4.78, 5) is 24.0. The van der Waals surface area contributed by atoms with E-state index in [9.17, 15) is 18.9 Å². The maximum atomic E-state index is 14.4. The first-order chi connectivity index (χ1) is 23.6. The molecular weight excluding hydrogens is 645 g/mol. The molecule has 7 nitrogen and oxygen atoms in total. The first kappa shape index (κ1) is 38.9. The normalized spacial score (nSPS) is 36.3. The summed E-state index contributed by atoms with van der Waals surface area (Å²) in [6.07, 6.45) is 15.7. The predicted octanol–water partition coefficient (Wildman–Crippen LogP) is 8.45. The molecule has 8 heteroatoms. The SMILES string of the molecule is C/C=C(/C)[C@@H]1CC[C@]2(C(=O)NCCNCCS(=O)O)CC[C@@H](C)[C@]3(C)CC[C@H]4C(C)(C)C(c5ccc(C(O)=[OH+])cc5)=CC[C@]4(C)C3CCC[C@@H]12. The Morgan fingerprint density at radius 3 is 2.32 bits per heavy atom. The molecule has 0 aliphatic heterocycles. The van der Waals surface area contributed by atoms with Crippen LogP contribution in [0.4, 0.5) is 0 Å². The fraction of sp³-hybridized carbons (Fsp3) is 0.714. The van der Waals surface area contributed by atoms with Crippen LogP contribution in [0.15, 0.2) is 42.0 Å². The van der Waals surface area contributed by atoms with Gasteiger partial charge < -0.3 is 25.1 Å². The number of rotatable bonds is 10. The average molecular weight is 710 g/mol. The molecule has 50 heavy (non-hydrogen) atoms. The first-order valence-electron chi connectivity index (χ1n) is 19.4. The molecule has 4 aliphatic carbocycles. The number of benzene rings is 1. The van der Waals surface area contributed by atoms with E-state index in [0.29, 0.717) is 54.8 Å². The first-order valence-corrected chi connectivity index (χ1v) is 20.6. The summed E-state index contributed by atoms with van der Waals surface area (Å²) in [6, 6.07) is 7.70. The molecule has 2 unspecified atom stereocenters. The highest BCUT2D eigenvalue weighted by atomic mass is 32.2. The lowest BCUT2D eigenvalue weighted by Crippen LogP contribution is -2.56. The van der Waals surface area contributed by atoms with E-state index < -0.39 is 17.0 Å². The summed E-state index contributed by atoms with van der Waals surface area (Å²) < 4.78 is 20.1. The van der Waals surface area contributed by atoms with Gasteiger partial charge in [0.2, 0.25) is 5.91 Å². The zero-order valence-corrected chi connectivity index (χ0v) is 32.6. The molecule has 1 amide bonds. The third-order valence-corrected chi connectivity index (χ3v) is 15.5. The minimum Gasteiger partial charge on any atom is -0.354 e. The maximum Gasteiger partial charge on any atom is 0.515 e. The Balaban J connectivity index is 1.41. The number of fused-ring (bicyclic) bond motifs is 4. The van der Waals surface area contributed by atoms with Crippen molar-refractivity contribution in [2.75, 3.05) is 25.4 Å². The monoisotopic (exact) mass is 709 g/mol. The van der Waals surface area contributed by atoms with Gasteiger partial charge in [-0.25, -0.2) is 4.21 Å². The lowest BCUT2D eigenvalue weighted by atomic mass is 9.40. The second-order valence-corrected chi connectivity index (χ2v) is 18.5. The van der Waals surface area contributed by atoms with Gasteiger partial charge >= 0.3 is 5.97 Å². The van der Waals surface area contributed by atoms with Gasteiger partial charge in [0, 0.05) is 19.6 Å². The Morgan fingerprint density at radius 2 is 1.66 bits per heavy atom. The molecule has 5 rings (SSSR count). The van der Waals surface area contributed by atoms with Crippen LogP contribution in [-0.2, 0) is 15.9 Å². The van der Waals surface area contributed by atoms with E-state index in [0.717, 1.165) is 44.9 Å². The van der Waals surface area contributed by atoms with Gasteiger partial charge in [-0.3, -0.25) is 4.79 Å². The van der Waals surface area contributed by atoms with Gasteiger partial charge in [-0.2, -0.15) is 0 Å². The van der Waals surface area contributed by atoms with Crippen molar-refractivity contribution in [3.63, 3.8) is 0 Å². The van der Waals surface area contributed by atoms with Crippen molar-refractivity contribution in [1.29, 1.82) is 0 Å². The van der Waals surface area contributed by atoms with Gasteiger partial charge in [0.1, 0.15) is 5.56 Å². The second kappa shape index (κ2) is 15.4. The van der Waals surface area contributed by atoms with Gasteiger partial charge in [0.15, 0.2) is 11.1 Å². The van der Waals surface area contributed by atoms with E-state index in [1.165, 1.54) is 36.0 Å². The molecule has 3 saturated carbocycles. The molecule has 5 N–H and O–H groups in total. The van der Waals surface area contributed by atoms with Crippen LogP contribution in [0.2, 0.25) is 0 Å². The summed E-state index contributed by atoms with van der Waals surface area (Å²) in [5.41, 5.74) is 4.41. The van der Waals surface area contributed by atoms with Crippen molar-refractivity contribution in [3.8, 4) is 0 Å². The van der Waals surface area contributed by atoms with Gasteiger partial charge in [-0.15, -0.1) is 0 Å². The van der Waals surface area contributed by atoms with Crippen LogP contribution in [0, 0.1) is 51.2 Å².